The Morgan fingerprint density at radius 3 is 3.00 bits per heavy atom. The summed E-state index contributed by atoms with van der Waals surface area (Å²) < 4.78 is 5.41. The maximum atomic E-state index is 5.41. The Labute approximate surface area is 97.4 Å². The molecule has 2 nitrogen and oxygen atoms in total. The number of hydrogen-bond donors (Lipinski definition) is 1. The molecule has 2 bridgehead atoms. The highest BCUT2D eigenvalue weighted by Gasteiger charge is 2.39. The van der Waals surface area contributed by atoms with Crippen LogP contribution in [0.3, 0.4) is 0 Å². The van der Waals surface area contributed by atoms with Crippen LogP contribution in [0.2, 0.25) is 0 Å². The van der Waals surface area contributed by atoms with E-state index in [1.807, 2.05) is 6.07 Å². The normalized spacial score (nSPS) is 34.4. The zero-order valence-electron chi connectivity index (χ0n) is 9.99. The van der Waals surface area contributed by atoms with Gasteiger partial charge in [-0.1, -0.05) is 6.42 Å². The Kier molecular flexibility index (Phi) is 2.76. The first-order valence-corrected chi connectivity index (χ1v) is 6.59. The Balaban J connectivity index is 1.50. The smallest absolute Gasteiger partial charge is 0.120 e. The third-order valence-electron chi connectivity index (χ3n) is 4.54. The molecule has 2 saturated carbocycles. The van der Waals surface area contributed by atoms with Crippen molar-refractivity contribution in [3.05, 3.63) is 24.2 Å². The summed E-state index contributed by atoms with van der Waals surface area (Å²) in [6.45, 7) is 3.36. The zero-order chi connectivity index (χ0) is 11.0. The molecule has 0 spiro atoms. The van der Waals surface area contributed by atoms with Crippen molar-refractivity contribution in [3.63, 3.8) is 0 Å². The van der Waals surface area contributed by atoms with E-state index in [1.165, 1.54) is 32.2 Å². The summed E-state index contributed by atoms with van der Waals surface area (Å²) in [7, 11) is 0. The van der Waals surface area contributed by atoms with Gasteiger partial charge in [0.25, 0.3) is 0 Å². The molecule has 4 atom stereocenters. The molecule has 2 heteroatoms. The Morgan fingerprint density at radius 1 is 1.44 bits per heavy atom. The average molecular weight is 219 g/mol. The van der Waals surface area contributed by atoms with Gasteiger partial charge in [0.1, 0.15) is 5.76 Å². The van der Waals surface area contributed by atoms with Crippen LogP contribution in [0, 0.1) is 17.8 Å². The molecule has 1 aromatic rings. The van der Waals surface area contributed by atoms with Gasteiger partial charge in [0.2, 0.25) is 0 Å². The highest BCUT2D eigenvalue weighted by atomic mass is 16.3. The lowest BCUT2D eigenvalue weighted by Gasteiger charge is -2.23. The van der Waals surface area contributed by atoms with Crippen molar-refractivity contribution in [2.24, 2.45) is 17.8 Å². The first kappa shape index (κ1) is 10.4. The molecule has 0 radical (unpaired) electrons. The van der Waals surface area contributed by atoms with Crippen molar-refractivity contribution in [1.82, 2.24) is 5.32 Å². The van der Waals surface area contributed by atoms with Gasteiger partial charge in [-0.05, 0) is 62.6 Å². The van der Waals surface area contributed by atoms with Crippen molar-refractivity contribution in [1.29, 1.82) is 0 Å². The van der Waals surface area contributed by atoms with Crippen molar-refractivity contribution < 1.29 is 4.42 Å². The summed E-state index contributed by atoms with van der Waals surface area (Å²) in [4.78, 5) is 0. The number of hydrogen-bond acceptors (Lipinski definition) is 2. The van der Waals surface area contributed by atoms with Crippen LogP contribution in [0.5, 0.6) is 0 Å². The van der Waals surface area contributed by atoms with Crippen LogP contribution in [0.1, 0.15) is 44.4 Å². The summed E-state index contributed by atoms with van der Waals surface area (Å²) in [5, 5.41) is 3.62. The standard InChI is InChI=1S/C14H21NO/c1-10(14-3-2-6-16-14)15-9-13-8-11-4-5-12(13)7-11/h2-3,6,10-13,15H,4-5,7-9H2,1H3. The fraction of sp³-hybridized carbons (Fsp3) is 0.714. The Hall–Kier alpha value is -0.760. The minimum atomic E-state index is 0.356. The molecule has 0 aromatic carbocycles. The highest BCUT2D eigenvalue weighted by molar-refractivity contribution is 5.03. The number of furan rings is 1. The molecule has 1 heterocycles. The Morgan fingerprint density at radius 2 is 2.38 bits per heavy atom. The van der Waals surface area contributed by atoms with Gasteiger partial charge in [0.15, 0.2) is 0 Å². The van der Waals surface area contributed by atoms with Gasteiger partial charge in [-0.15, -0.1) is 0 Å². The van der Waals surface area contributed by atoms with E-state index < -0.39 is 0 Å². The molecule has 4 unspecified atom stereocenters. The summed E-state index contributed by atoms with van der Waals surface area (Å²) in [6.07, 6.45) is 7.69. The second kappa shape index (κ2) is 4.25. The first-order valence-electron chi connectivity index (χ1n) is 6.59. The lowest BCUT2D eigenvalue weighted by Crippen LogP contribution is -2.28. The fourth-order valence-corrected chi connectivity index (χ4v) is 3.59. The van der Waals surface area contributed by atoms with Crippen LogP contribution >= 0.6 is 0 Å². The third-order valence-corrected chi connectivity index (χ3v) is 4.54. The molecule has 1 N–H and O–H groups in total. The summed E-state index contributed by atoms with van der Waals surface area (Å²) in [5.74, 6) is 4.05. The van der Waals surface area contributed by atoms with Crippen LogP contribution in [-0.4, -0.2) is 6.54 Å². The second-order valence-electron chi connectivity index (χ2n) is 5.58. The molecule has 3 rings (SSSR count). The molecule has 88 valence electrons. The van der Waals surface area contributed by atoms with Gasteiger partial charge < -0.3 is 9.73 Å². The molecule has 2 fully saturated rings. The molecule has 0 aliphatic heterocycles. The highest BCUT2D eigenvalue weighted by Crippen LogP contribution is 2.48. The fourth-order valence-electron chi connectivity index (χ4n) is 3.59. The van der Waals surface area contributed by atoms with Crippen LogP contribution in [0.15, 0.2) is 22.8 Å². The Bertz CT molecular complexity index is 333. The zero-order valence-corrected chi connectivity index (χ0v) is 9.99. The quantitative estimate of drug-likeness (QED) is 0.840. The average Bonchev–Trinajstić information content (AvgIpc) is 3.01. The van der Waals surface area contributed by atoms with Crippen LogP contribution in [0.25, 0.3) is 0 Å². The molecule has 1 aromatic heterocycles. The lowest BCUT2D eigenvalue weighted by molar-refractivity contribution is 0.301. The molecule has 16 heavy (non-hydrogen) atoms. The largest absolute Gasteiger partial charge is 0.468 e. The third kappa shape index (κ3) is 1.91. The van der Waals surface area contributed by atoms with E-state index in [9.17, 15) is 0 Å². The monoisotopic (exact) mass is 219 g/mol. The van der Waals surface area contributed by atoms with Crippen molar-refractivity contribution in [3.8, 4) is 0 Å². The van der Waals surface area contributed by atoms with E-state index in [0.29, 0.717) is 6.04 Å². The van der Waals surface area contributed by atoms with E-state index in [2.05, 4.69) is 18.3 Å². The lowest BCUT2D eigenvalue weighted by atomic mass is 9.88. The van der Waals surface area contributed by atoms with E-state index in [-0.39, 0.29) is 0 Å². The molecule has 2 aliphatic rings. The van der Waals surface area contributed by atoms with Gasteiger partial charge in [0, 0.05) is 0 Å². The van der Waals surface area contributed by atoms with Gasteiger partial charge in [-0.25, -0.2) is 0 Å². The van der Waals surface area contributed by atoms with Crippen molar-refractivity contribution in [2.45, 2.75) is 38.6 Å². The molecule has 0 amide bonds. The van der Waals surface area contributed by atoms with Gasteiger partial charge >= 0.3 is 0 Å². The maximum Gasteiger partial charge on any atom is 0.120 e. The van der Waals surface area contributed by atoms with Gasteiger partial charge in [-0.2, -0.15) is 0 Å². The van der Waals surface area contributed by atoms with Crippen molar-refractivity contribution in [2.75, 3.05) is 6.54 Å². The summed E-state index contributed by atoms with van der Waals surface area (Å²) in [5.41, 5.74) is 0. The molecular formula is C14H21NO. The number of fused-ring (bicyclic) bond motifs is 2. The van der Waals surface area contributed by atoms with E-state index in [0.717, 1.165) is 23.5 Å². The predicted molar refractivity (Wildman–Crippen MR) is 64.1 cm³/mol. The van der Waals surface area contributed by atoms with Crippen molar-refractivity contribution >= 4 is 0 Å². The molecular weight excluding hydrogens is 198 g/mol. The molecule has 2 aliphatic carbocycles. The van der Waals surface area contributed by atoms with E-state index in [4.69, 9.17) is 4.42 Å². The first-order chi connectivity index (χ1) is 7.83. The SMILES string of the molecule is CC(NCC1CC2CCC1C2)c1ccco1. The van der Waals surface area contributed by atoms with Crippen LogP contribution < -0.4 is 5.32 Å². The summed E-state index contributed by atoms with van der Waals surface area (Å²) in [6, 6.07) is 4.37. The summed E-state index contributed by atoms with van der Waals surface area (Å²) >= 11 is 0. The number of nitrogens with one attached hydrogen (secondary N) is 1. The second-order valence-corrected chi connectivity index (χ2v) is 5.58. The number of rotatable bonds is 4. The van der Waals surface area contributed by atoms with Gasteiger partial charge in [-0.3, -0.25) is 0 Å². The molecule has 0 saturated heterocycles. The topological polar surface area (TPSA) is 25.2 Å². The maximum absolute atomic E-state index is 5.41. The predicted octanol–water partition coefficient (Wildman–Crippen LogP) is 3.37. The van der Waals surface area contributed by atoms with Gasteiger partial charge in [0.05, 0.1) is 12.3 Å². The minimum absolute atomic E-state index is 0.356. The van der Waals surface area contributed by atoms with Crippen LogP contribution in [0.4, 0.5) is 0 Å². The van der Waals surface area contributed by atoms with Crippen LogP contribution in [-0.2, 0) is 0 Å². The van der Waals surface area contributed by atoms with E-state index in [1.54, 1.807) is 6.26 Å². The van der Waals surface area contributed by atoms with E-state index >= 15 is 0 Å². The minimum Gasteiger partial charge on any atom is -0.468 e.